The molecule has 0 aromatic carbocycles. The zero-order valence-electron chi connectivity index (χ0n) is 9.57. The van der Waals surface area contributed by atoms with Gasteiger partial charge < -0.3 is 9.84 Å². The molecular weight excluding hydrogens is 178 g/mol. The summed E-state index contributed by atoms with van der Waals surface area (Å²) in [7, 11) is 0. The summed E-state index contributed by atoms with van der Waals surface area (Å²) in [4.78, 5) is 2.41. The first-order valence-electron chi connectivity index (χ1n) is 5.64. The van der Waals surface area contributed by atoms with Crippen molar-refractivity contribution >= 4 is 0 Å². The van der Waals surface area contributed by atoms with E-state index in [-0.39, 0.29) is 18.8 Å². The second kappa shape index (κ2) is 5.69. The number of rotatable bonds is 4. The lowest BCUT2D eigenvalue weighted by atomic mass is 10.1. The van der Waals surface area contributed by atoms with Gasteiger partial charge in [0.1, 0.15) is 0 Å². The number of hydrogen-bond donors (Lipinski definition) is 1. The molecule has 1 fully saturated rings. The standard InChI is InChI=1S/C11H23NO2/c1-4-9(2)5-12-6-10(3)14-11(7-12)8-13/h9-11,13H,4-8H2,1-3H3. The van der Waals surface area contributed by atoms with E-state index in [9.17, 15) is 0 Å². The van der Waals surface area contributed by atoms with Crippen LogP contribution >= 0.6 is 0 Å². The van der Waals surface area contributed by atoms with Crippen LogP contribution in [0.5, 0.6) is 0 Å². The van der Waals surface area contributed by atoms with Crippen LogP contribution in [0.3, 0.4) is 0 Å². The van der Waals surface area contributed by atoms with Crippen LogP contribution in [0.4, 0.5) is 0 Å². The van der Waals surface area contributed by atoms with E-state index in [1.165, 1.54) is 6.42 Å². The first kappa shape index (κ1) is 12.0. The number of aliphatic hydroxyl groups is 1. The number of hydrogen-bond acceptors (Lipinski definition) is 3. The van der Waals surface area contributed by atoms with Crippen LogP contribution in [0.15, 0.2) is 0 Å². The third-order valence-corrected chi connectivity index (χ3v) is 2.87. The molecule has 1 rings (SSSR count). The van der Waals surface area contributed by atoms with Crippen molar-refractivity contribution in [2.24, 2.45) is 5.92 Å². The van der Waals surface area contributed by atoms with E-state index >= 15 is 0 Å². The van der Waals surface area contributed by atoms with Crippen molar-refractivity contribution in [1.29, 1.82) is 0 Å². The Balaban J connectivity index is 2.37. The third-order valence-electron chi connectivity index (χ3n) is 2.87. The highest BCUT2D eigenvalue weighted by atomic mass is 16.5. The molecular formula is C11H23NO2. The maximum Gasteiger partial charge on any atom is 0.0936 e. The second-order valence-corrected chi connectivity index (χ2v) is 4.48. The molecule has 3 atom stereocenters. The van der Waals surface area contributed by atoms with Crippen LogP contribution in [0.1, 0.15) is 27.2 Å². The molecule has 1 aliphatic rings. The Morgan fingerprint density at radius 3 is 2.79 bits per heavy atom. The summed E-state index contributed by atoms with van der Waals surface area (Å²) in [5.41, 5.74) is 0. The number of ether oxygens (including phenoxy) is 1. The summed E-state index contributed by atoms with van der Waals surface area (Å²) >= 11 is 0. The minimum atomic E-state index is 0.0165. The molecule has 3 heteroatoms. The topological polar surface area (TPSA) is 32.7 Å². The van der Waals surface area contributed by atoms with E-state index in [1.807, 2.05) is 0 Å². The smallest absolute Gasteiger partial charge is 0.0936 e. The van der Waals surface area contributed by atoms with Crippen molar-refractivity contribution in [2.75, 3.05) is 26.2 Å². The van der Waals surface area contributed by atoms with Gasteiger partial charge in [-0.25, -0.2) is 0 Å². The molecule has 1 aliphatic heterocycles. The van der Waals surface area contributed by atoms with Crippen molar-refractivity contribution in [3.05, 3.63) is 0 Å². The van der Waals surface area contributed by atoms with Crippen molar-refractivity contribution < 1.29 is 9.84 Å². The van der Waals surface area contributed by atoms with Gasteiger partial charge in [-0.3, -0.25) is 4.90 Å². The van der Waals surface area contributed by atoms with Crippen LogP contribution in [0.2, 0.25) is 0 Å². The van der Waals surface area contributed by atoms with E-state index in [4.69, 9.17) is 9.84 Å². The van der Waals surface area contributed by atoms with Crippen LogP contribution in [0, 0.1) is 5.92 Å². The maximum absolute atomic E-state index is 9.07. The normalized spacial score (nSPS) is 31.7. The van der Waals surface area contributed by atoms with Crippen molar-refractivity contribution in [1.82, 2.24) is 4.90 Å². The van der Waals surface area contributed by atoms with E-state index in [2.05, 4.69) is 25.7 Å². The Morgan fingerprint density at radius 2 is 2.21 bits per heavy atom. The quantitative estimate of drug-likeness (QED) is 0.739. The average molecular weight is 201 g/mol. The van der Waals surface area contributed by atoms with E-state index in [1.54, 1.807) is 0 Å². The Hall–Kier alpha value is -0.120. The highest BCUT2D eigenvalue weighted by molar-refractivity contribution is 4.76. The van der Waals surface area contributed by atoms with Crippen LogP contribution in [-0.4, -0.2) is 48.5 Å². The molecule has 0 amide bonds. The van der Waals surface area contributed by atoms with Gasteiger partial charge in [-0.15, -0.1) is 0 Å². The highest BCUT2D eigenvalue weighted by Crippen LogP contribution is 2.13. The van der Waals surface area contributed by atoms with Crippen LogP contribution in [0.25, 0.3) is 0 Å². The molecule has 84 valence electrons. The summed E-state index contributed by atoms with van der Waals surface area (Å²) in [6, 6.07) is 0. The lowest BCUT2D eigenvalue weighted by Gasteiger charge is -2.37. The third kappa shape index (κ3) is 3.56. The molecule has 0 bridgehead atoms. The van der Waals surface area contributed by atoms with Crippen molar-refractivity contribution in [3.63, 3.8) is 0 Å². The molecule has 0 aliphatic carbocycles. The van der Waals surface area contributed by atoms with Gasteiger partial charge in [-0.2, -0.15) is 0 Å². The SMILES string of the molecule is CCC(C)CN1CC(C)OC(CO)C1. The average Bonchev–Trinajstić information content (AvgIpc) is 2.16. The Labute approximate surface area is 87.1 Å². The summed E-state index contributed by atoms with van der Waals surface area (Å²) in [6.07, 6.45) is 1.49. The molecule has 0 aromatic rings. The van der Waals surface area contributed by atoms with Crippen molar-refractivity contribution in [3.8, 4) is 0 Å². The Kier molecular flexibility index (Phi) is 4.85. The first-order valence-corrected chi connectivity index (χ1v) is 5.64. The van der Waals surface area contributed by atoms with Crippen LogP contribution < -0.4 is 0 Å². The highest BCUT2D eigenvalue weighted by Gasteiger charge is 2.24. The molecule has 0 aromatic heterocycles. The summed E-state index contributed by atoms with van der Waals surface area (Å²) in [5.74, 6) is 0.736. The van der Waals surface area contributed by atoms with Gasteiger partial charge in [-0.1, -0.05) is 20.3 Å². The Bertz CT molecular complexity index is 161. The molecule has 1 heterocycles. The van der Waals surface area contributed by atoms with E-state index in [0.717, 1.165) is 25.6 Å². The monoisotopic (exact) mass is 201 g/mol. The number of aliphatic hydroxyl groups excluding tert-OH is 1. The Morgan fingerprint density at radius 1 is 1.50 bits per heavy atom. The molecule has 14 heavy (non-hydrogen) atoms. The zero-order valence-corrected chi connectivity index (χ0v) is 9.57. The lowest BCUT2D eigenvalue weighted by Crippen LogP contribution is -2.49. The van der Waals surface area contributed by atoms with Crippen LogP contribution in [-0.2, 0) is 4.74 Å². The van der Waals surface area contributed by atoms with Crippen molar-refractivity contribution in [2.45, 2.75) is 39.4 Å². The minimum absolute atomic E-state index is 0.0165. The molecule has 0 spiro atoms. The fraction of sp³-hybridized carbons (Fsp3) is 1.00. The largest absolute Gasteiger partial charge is 0.394 e. The second-order valence-electron chi connectivity index (χ2n) is 4.48. The van der Waals surface area contributed by atoms with Gasteiger partial charge in [0.25, 0.3) is 0 Å². The van der Waals surface area contributed by atoms with Gasteiger partial charge in [0, 0.05) is 19.6 Å². The van der Waals surface area contributed by atoms with Gasteiger partial charge >= 0.3 is 0 Å². The van der Waals surface area contributed by atoms with E-state index in [0.29, 0.717) is 0 Å². The fourth-order valence-corrected chi connectivity index (χ4v) is 1.96. The number of morpholine rings is 1. The van der Waals surface area contributed by atoms with E-state index < -0.39 is 0 Å². The molecule has 3 unspecified atom stereocenters. The van der Waals surface area contributed by atoms with Gasteiger partial charge in [0.05, 0.1) is 18.8 Å². The fourth-order valence-electron chi connectivity index (χ4n) is 1.96. The molecule has 0 saturated carbocycles. The lowest BCUT2D eigenvalue weighted by molar-refractivity contribution is -0.0974. The van der Waals surface area contributed by atoms with Gasteiger partial charge in [0.2, 0.25) is 0 Å². The molecule has 1 saturated heterocycles. The zero-order chi connectivity index (χ0) is 10.6. The summed E-state index contributed by atoms with van der Waals surface area (Å²) in [5, 5.41) is 9.07. The van der Waals surface area contributed by atoms with Gasteiger partial charge in [0.15, 0.2) is 0 Å². The first-order chi connectivity index (χ1) is 6.65. The minimum Gasteiger partial charge on any atom is -0.394 e. The summed E-state index contributed by atoms with van der Waals surface area (Å²) in [6.45, 7) is 9.71. The molecule has 3 nitrogen and oxygen atoms in total. The predicted molar refractivity (Wildman–Crippen MR) is 57.3 cm³/mol. The predicted octanol–water partition coefficient (Wildman–Crippen LogP) is 1.11. The summed E-state index contributed by atoms with van der Waals surface area (Å²) < 4.78 is 5.59. The number of nitrogens with zero attached hydrogens (tertiary/aromatic N) is 1. The molecule has 1 N–H and O–H groups in total. The van der Waals surface area contributed by atoms with Gasteiger partial charge in [-0.05, 0) is 12.8 Å². The maximum atomic E-state index is 9.07. The molecule has 0 radical (unpaired) electrons.